The van der Waals surface area contributed by atoms with Gasteiger partial charge in [0.25, 0.3) is 0 Å². The molecule has 0 radical (unpaired) electrons. The van der Waals surface area contributed by atoms with E-state index in [-0.39, 0.29) is 31.7 Å². The number of benzene rings is 2. The Labute approximate surface area is 320 Å². The number of aryl methyl sites for hydroxylation is 1. The van der Waals surface area contributed by atoms with Crippen molar-refractivity contribution in [3.05, 3.63) is 71.8 Å². The van der Waals surface area contributed by atoms with E-state index < -0.39 is 91.8 Å². The van der Waals surface area contributed by atoms with Gasteiger partial charge in [0.2, 0.25) is 23.6 Å². The lowest BCUT2D eigenvalue weighted by atomic mass is 9.93. The number of Topliss-reactive ketones (excluding diaryl/α,β-unsaturated/α-hetero) is 1. The molecule has 4 amide bonds. The molecule has 2 aromatic rings. The van der Waals surface area contributed by atoms with Gasteiger partial charge in [0.15, 0.2) is 5.78 Å². The Morgan fingerprint density at radius 2 is 1.37 bits per heavy atom. The molecule has 2 aliphatic rings. The smallest absolute Gasteiger partial charge is 0.243 e. The van der Waals surface area contributed by atoms with Crippen LogP contribution >= 0.6 is 0 Å². The van der Waals surface area contributed by atoms with Gasteiger partial charge < -0.3 is 30.7 Å². The molecule has 0 aliphatic carbocycles. The maximum atomic E-state index is 14.3. The topological polar surface area (TPSA) is 158 Å². The standard InChI is InChI=1S/C40H57N5O7/c1-27(2)22-32(36(47)40(5)26-52-40)42-39(50)34(24-30-14-10-7-11-15-30)44-38(49)33(23-28(3)4)43-37(48)31(17-16-29-12-8-6-9-13-29)41-35(46)25-45-18-20-51-21-19-45/h6-15,27-28,31-34H,16-26H2,1-5H3,(H,41,46)(H,42,50)(H,43,48)(H,44,49)/t31-,32-,33-,34-,40+/m0/s1/i1D3,2D3,26D2,27D. The van der Waals surface area contributed by atoms with Crippen molar-refractivity contribution in [1.29, 1.82) is 0 Å². The van der Waals surface area contributed by atoms with Crippen LogP contribution in [-0.2, 0) is 46.3 Å². The highest BCUT2D eigenvalue weighted by Gasteiger charge is 2.50. The van der Waals surface area contributed by atoms with Gasteiger partial charge in [0.1, 0.15) is 23.7 Å². The van der Waals surface area contributed by atoms with E-state index in [0.29, 0.717) is 38.3 Å². The van der Waals surface area contributed by atoms with Gasteiger partial charge in [-0.25, -0.2) is 0 Å². The van der Waals surface area contributed by atoms with Crippen LogP contribution in [0.1, 0.15) is 77.2 Å². The van der Waals surface area contributed by atoms with Crippen LogP contribution < -0.4 is 21.3 Å². The number of morpholine rings is 1. The molecule has 2 fully saturated rings. The van der Waals surface area contributed by atoms with Gasteiger partial charge >= 0.3 is 0 Å². The quantitative estimate of drug-likeness (QED) is 0.152. The zero-order valence-corrected chi connectivity index (χ0v) is 30.0. The summed E-state index contributed by atoms with van der Waals surface area (Å²) in [5.41, 5.74) is -0.758. The number of ether oxygens (including phenoxy) is 2. The van der Waals surface area contributed by atoms with Gasteiger partial charge in [-0.2, -0.15) is 0 Å². The lowest BCUT2D eigenvalue weighted by molar-refractivity contribution is -0.135. The van der Waals surface area contributed by atoms with Gasteiger partial charge in [-0.05, 0) is 55.5 Å². The summed E-state index contributed by atoms with van der Waals surface area (Å²) in [5, 5.41) is 10.6. The summed E-state index contributed by atoms with van der Waals surface area (Å²) in [7, 11) is 0. The summed E-state index contributed by atoms with van der Waals surface area (Å²) in [6, 6.07) is 11.8. The number of amides is 4. The minimum atomic E-state index is -3.49. The van der Waals surface area contributed by atoms with Crippen molar-refractivity contribution >= 4 is 29.4 Å². The SMILES string of the molecule is [2H]C([2H])([2H])C([2H])(C[C@H](NC(=O)[C@H](Cc1ccccc1)NC(=O)[C@H](CC(C)C)NC(=O)[C@H](CCc1ccccc1)NC(=O)CN1CCOCC1)C(=O)[C@]1(C)OC1([2H])[2H])C([2H])([2H])[2H]. The van der Waals surface area contributed by atoms with E-state index in [1.807, 2.05) is 49.1 Å². The second kappa shape index (κ2) is 19.6. The van der Waals surface area contributed by atoms with E-state index >= 15 is 0 Å². The minimum Gasteiger partial charge on any atom is -0.379 e. The Kier molecular flexibility index (Phi) is 11.1. The van der Waals surface area contributed by atoms with Crippen molar-refractivity contribution in [2.45, 2.75) is 96.3 Å². The fraction of sp³-hybridized carbons (Fsp3) is 0.575. The molecule has 4 rings (SSSR count). The van der Waals surface area contributed by atoms with Crippen LogP contribution in [-0.4, -0.2) is 103 Å². The first-order chi connectivity index (χ1) is 28.4. The molecule has 4 N–H and O–H groups in total. The van der Waals surface area contributed by atoms with Crippen molar-refractivity contribution in [3.8, 4) is 0 Å². The molecule has 52 heavy (non-hydrogen) atoms. The van der Waals surface area contributed by atoms with E-state index in [9.17, 15) is 24.0 Å². The van der Waals surface area contributed by atoms with Crippen LogP contribution in [0.2, 0.25) is 0 Å². The zero-order valence-electron chi connectivity index (χ0n) is 39.0. The number of hydrogen-bond donors (Lipinski definition) is 4. The largest absolute Gasteiger partial charge is 0.379 e. The van der Waals surface area contributed by atoms with E-state index in [0.717, 1.165) is 12.5 Å². The molecule has 12 nitrogen and oxygen atoms in total. The second-order valence-corrected chi connectivity index (χ2v) is 13.8. The summed E-state index contributed by atoms with van der Waals surface area (Å²) in [5.74, 6) is -7.60. The fourth-order valence-corrected chi connectivity index (χ4v) is 5.93. The third-order valence-corrected chi connectivity index (χ3v) is 8.86. The van der Waals surface area contributed by atoms with Crippen molar-refractivity contribution in [2.75, 3.05) is 39.4 Å². The maximum absolute atomic E-state index is 14.3. The molecular weight excluding hydrogens is 662 g/mol. The van der Waals surface area contributed by atoms with Gasteiger partial charge in [-0.15, -0.1) is 0 Å². The fourth-order valence-electron chi connectivity index (χ4n) is 5.93. The lowest BCUT2D eigenvalue weighted by Crippen LogP contribution is -2.59. The zero-order chi connectivity index (χ0) is 45.4. The van der Waals surface area contributed by atoms with Gasteiger partial charge in [0.05, 0.1) is 35.1 Å². The number of nitrogens with one attached hydrogen (secondary N) is 4. The Morgan fingerprint density at radius 3 is 1.96 bits per heavy atom. The molecule has 0 aromatic heterocycles. The Balaban J connectivity index is 1.62. The third-order valence-electron chi connectivity index (χ3n) is 8.86. The van der Waals surface area contributed by atoms with Crippen LogP contribution in [0.3, 0.4) is 0 Å². The normalized spacial score (nSPS) is 23.8. The molecule has 2 aliphatic heterocycles. The molecule has 0 bridgehead atoms. The average Bonchev–Trinajstić information content (AvgIpc) is 3.72. The summed E-state index contributed by atoms with van der Waals surface area (Å²) >= 11 is 0. The molecule has 0 spiro atoms. The second-order valence-electron chi connectivity index (χ2n) is 13.8. The van der Waals surface area contributed by atoms with Gasteiger partial charge in [-0.3, -0.25) is 28.9 Å². The number of ketones is 1. The number of hydrogen-bond acceptors (Lipinski definition) is 8. The Hall–Kier alpha value is -4.13. The third kappa shape index (κ3) is 13.1. The van der Waals surface area contributed by atoms with Gasteiger partial charge in [-0.1, -0.05) is 88.2 Å². The number of epoxide rings is 1. The van der Waals surface area contributed by atoms with Crippen LogP contribution in [0.4, 0.5) is 0 Å². The van der Waals surface area contributed by atoms with Crippen molar-refractivity contribution < 1.29 is 45.8 Å². The molecule has 2 heterocycles. The predicted molar refractivity (Wildman–Crippen MR) is 198 cm³/mol. The van der Waals surface area contributed by atoms with Crippen molar-refractivity contribution in [1.82, 2.24) is 26.2 Å². The van der Waals surface area contributed by atoms with E-state index in [2.05, 4.69) is 21.3 Å². The van der Waals surface area contributed by atoms with Crippen LogP contribution in [0.15, 0.2) is 60.7 Å². The molecule has 0 unspecified atom stereocenters. The molecule has 284 valence electrons. The number of nitrogens with zero attached hydrogens (tertiary/aromatic N) is 1. The van der Waals surface area contributed by atoms with E-state index in [4.69, 9.17) is 21.8 Å². The van der Waals surface area contributed by atoms with Crippen molar-refractivity contribution in [3.63, 3.8) is 0 Å². The molecule has 12 heteroatoms. The maximum Gasteiger partial charge on any atom is 0.243 e. The number of rotatable bonds is 20. The predicted octanol–water partition coefficient (Wildman–Crippen LogP) is 2.58. The number of carbonyl (C=O) groups is 5. The summed E-state index contributed by atoms with van der Waals surface area (Å²) < 4.78 is 82.5. The van der Waals surface area contributed by atoms with E-state index in [1.54, 1.807) is 30.3 Å². The Bertz CT molecular complexity index is 1820. The van der Waals surface area contributed by atoms with Crippen molar-refractivity contribution in [2.24, 2.45) is 11.8 Å². The molecule has 2 aromatic carbocycles. The monoisotopic (exact) mass is 728 g/mol. The molecule has 5 atom stereocenters. The molecular formula is C40H57N5O7. The highest BCUT2D eigenvalue weighted by molar-refractivity contribution is 5.98. The highest BCUT2D eigenvalue weighted by Crippen LogP contribution is 2.29. The van der Waals surface area contributed by atoms with Crippen LogP contribution in [0.5, 0.6) is 0 Å². The molecule has 0 saturated carbocycles. The minimum absolute atomic E-state index is 0.0318. The van der Waals surface area contributed by atoms with Gasteiger partial charge in [0, 0.05) is 29.1 Å². The Morgan fingerprint density at radius 1 is 0.808 bits per heavy atom. The summed E-state index contributed by atoms with van der Waals surface area (Å²) in [4.78, 5) is 71.6. The first-order valence-electron chi connectivity index (χ1n) is 22.2. The highest BCUT2D eigenvalue weighted by atomic mass is 16.6. The van der Waals surface area contributed by atoms with Crippen LogP contribution in [0, 0.1) is 11.8 Å². The number of carbonyl (C=O) groups excluding carboxylic acids is 5. The van der Waals surface area contributed by atoms with E-state index in [1.165, 1.54) is 0 Å². The first kappa shape index (κ1) is 29.3. The first-order valence-corrected chi connectivity index (χ1v) is 17.7. The summed E-state index contributed by atoms with van der Waals surface area (Å²) in [6.07, 6.45) is -0.766. The molecule has 2 saturated heterocycles. The lowest BCUT2D eigenvalue weighted by Gasteiger charge is -2.29. The summed E-state index contributed by atoms with van der Waals surface area (Å²) in [6.45, 7) is -2.78. The van der Waals surface area contributed by atoms with Crippen LogP contribution in [0.25, 0.3) is 0 Å². The average molecular weight is 729 g/mol.